The molecule has 0 atom stereocenters. The Balaban J connectivity index is 1.85. The summed E-state index contributed by atoms with van der Waals surface area (Å²) < 4.78 is 32.3. The maximum atomic E-state index is 12.2. The number of hydrogen-bond acceptors (Lipinski definition) is 7. The number of benzene rings is 1. The number of imidazole rings is 1. The van der Waals surface area contributed by atoms with Gasteiger partial charge in [-0.1, -0.05) is 34.5 Å². The number of halogens is 2. The summed E-state index contributed by atoms with van der Waals surface area (Å²) >= 11 is 13.4. The number of ether oxygens (including phenoxy) is 1. The molecule has 0 unspecified atom stereocenters. The fourth-order valence-corrected chi connectivity index (χ4v) is 4.64. The fourth-order valence-electron chi connectivity index (χ4n) is 2.18. The number of carbonyl (C=O) groups is 2. The van der Waals surface area contributed by atoms with Crippen molar-refractivity contribution in [3.05, 3.63) is 34.1 Å². The fraction of sp³-hybridized carbons (Fsp3) is 0.214. The third-order valence-corrected chi connectivity index (χ3v) is 6.68. The van der Waals surface area contributed by atoms with E-state index >= 15 is 0 Å². The number of sulfonamides is 1. The summed E-state index contributed by atoms with van der Waals surface area (Å²) in [4.78, 5) is 27.8. The lowest BCUT2D eigenvalue weighted by atomic mass is 10.3. The Hall–Kier alpha value is -1.88. The number of nitrogens with one attached hydrogen (secondary N) is 1. The molecule has 2 aromatic heterocycles. The van der Waals surface area contributed by atoms with E-state index in [1.54, 1.807) is 16.5 Å². The van der Waals surface area contributed by atoms with Crippen LogP contribution in [0.3, 0.4) is 0 Å². The highest BCUT2D eigenvalue weighted by molar-refractivity contribution is 7.90. The van der Waals surface area contributed by atoms with Gasteiger partial charge in [0, 0.05) is 6.20 Å². The van der Waals surface area contributed by atoms with Crippen molar-refractivity contribution in [1.82, 2.24) is 14.1 Å². The summed E-state index contributed by atoms with van der Waals surface area (Å²) in [6.45, 7) is 0. The molecule has 12 heteroatoms. The Bertz CT molecular complexity index is 1140. The van der Waals surface area contributed by atoms with Crippen LogP contribution >= 0.6 is 34.5 Å². The third-order valence-electron chi connectivity index (χ3n) is 3.44. The van der Waals surface area contributed by atoms with Crippen molar-refractivity contribution in [3.63, 3.8) is 0 Å². The minimum Gasteiger partial charge on any atom is -0.469 e. The van der Waals surface area contributed by atoms with Crippen LogP contribution in [0, 0.1) is 0 Å². The topological polar surface area (TPSA) is 107 Å². The van der Waals surface area contributed by atoms with Crippen LogP contribution in [0.25, 0.3) is 15.2 Å². The molecule has 0 saturated heterocycles. The Morgan fingerprint density at radius 3 is 2.77 bits per heavy atom. The molecule has 0 aliphatic carbocycles. The number of thiazole rings is 1. The van der Waals surface area contributed by atoms with Gasteiger partial charge in [-0.05, 0) is 12.1 Å². The molecule has 0 saturated carbocycles. The number of methoxy groups -OCH3 is 1. The predicted octanol–water partition coefficient (Wildman–Crippen LogP) is 2.48. The zero-order valence-electron chi connectivity index (χ0n) is 13.2. The van der Waals surface area contributed by atoms with Gasteiger partial charge in [-0.2, -0.15) is 0 Å². The molecule has 1 N–H and O–H groups in total. The van der Waals surface area contributed by atoms with Crippen molar-refractivity contribution in [3.8, 4) is 0 Å². The van der Waals surface area contributed by atoms with Gasteiger partial charge in [0.2, 0.25) is 10.0 Å². The maximum Gasteiger partial charge on any atom is 0.306 e. The molecular formula is C14H11Cl2N3O5S2. The summed E-state index contributed by atoms with van der Waals surface area (Å²) in [7, 11) is -2.85. The van der Waals surface area contributed by atoms with E-state index in [4.69, 9.17) is 23.2 Å². The summed E-state index contributed by atoms with van der Waals surface area (Å²) in [6.07, 6.45) is 1.05. The van der Waals surface area contributed by atoms with Gasteiger partial charge in [-0.25, -0.2) is 18.1 Å². The molecule has 8 nitrogen and oxygen atoms in total. The van der Waals surface area contributed by atoms with Crippen LogP contribution in [0.15, 0.2) is 18.3 Å². The van der Waals surface area contributed by atoms with E-state index in [2.05, 4.69) is 9.72 Å². The van der Waals surface area contributed by atoms with Gasteiger partial charge < -0.3 is 4.74 Å². The minimum atomic E-state index is -3.99. The number of hydrogen-bond donors (Lipinski definition) is 1. The number of aromatic nitrogens is 2. The number of nitrogens with zero attached hydrogens (tertiary/aromatic N) is 2. The average Bonchev–Trinajstić information content (AvgIpc) is 3.14. The SMILES string of the molecule is COC(=O)CCS(=O)(=O)NC(=O)c1cn2c(n1)sc1c(Cl)c(Cl)ccc12. The van der Waals surface area contributed by atoms with Crippen molar-refractivity contribution in [2.45, 2.75) is 6.42 Å². The van der Waals surface area contributed by atoms with Gasteiger partial charge in [0.1, 0.15) is 5.69 Å². The van der Waals surface area contributed by atoms with Crippen molar-refractivity contribution in [1.29, 1.82) is 0 Å². The van der Waals surface area contributed by atoms with E-state index in [0.717, 1.165) is 7.11 Å². The highest BCUT2D eigenvalue weighted by Gasteiger charge is 2.21. The number of carbonyl (C=O) groups excluding carboxylic acids is 2. The van der Waals surface area contributed by atoms with E-state index in [9.17, 15) is 18.0 Å². The van der Waals surface area contributed by atoms with Gasteiger partial charge >= 0.3 is 5.97 Å². The summed E-state index contributed by atoms with van der Waals surface area (Å²) in [5.41, 5.74) is 0.616. The predicted molar refractivity (Wildman–Crippen MR) is 98.5 cm³/mol. The number of amides is 1. The summed E-state index contributed by atoms with van der Waals surface area (Å²) in [5.74, 6) is -2.14. The number of rotatable bonds is 5. The number of esters is 1. The second kappa shape index (κ2) is 7.03. The largest absolute Gasteiger partial charge is 0.469 e. The molecule has 138 valence electrons. The van der Waals surface area contributed by atoms with Gasteiger partial charge in [0.05, 0.1) is 39.5 Å². The molecule has 26 heavy (non-hydrogen) atoms. The summed E-state index contributed by atoms with van der Waals surface area (Å²) in [5, 5.41) is 0.786. The van der Waals surface area contributed by atoms with E-state index < -0.39 is 27.7 Å². The zero-order valence-corrected chi connectivity index (χ0v) is 16.3. The molecule has 0 aliphatic rings. The first-order valence-corrected chi connectivity index (χ1v) is 10.3. The molecule has 0 spiro atoms. The molecule has 0 fully saturated rings. The molecule has 3 aromatic rings. The Morgan fingerprint density at radius 1 is 1.35 bits per heavy atom. The van der Waals surface area contributed by atoms with Crippen LogP contribution in [-0.2, 0) is 19.6 Å². The van der Waals surface area contributed by atoms with Crippen molar-refractivity contribution < 1.29 is 22.7 Å². The lowest BCUT2D eigenvalue weighted by Gasteiger charge is -2.04. The molecule has 1 amide bonds. The minimum absolute atomic E-state index is 0.0779. The third kappa shape index (κ3) is 3.63. The van der Waals surface area contributed by atoms with Gasteiger partial charge in [0.25, 0.3) is 5.91 Å². The second-order valence-electron chi connectivity index (χ2n) is 5.17. The van der Waals surface area contributed by atoms with E-state index in [1.807, 2.05) is 4.72 Å². The van der Waals surface area contributed by atoms with Crippen LogP contribution in [-0.4, -0.2) is 42.5 Å². The van der Waals surface area contributed by atoms with Crippen LogP contribution in [0.4, 0.5) is 0 Å². The highest BCUT2D eigenvalue weighted by atomic mass is 35.5. The molecule has 0 bridgehead atoms. The first-order valence-electron chi connectivity index (χ1n) is 7.09. The standard InChI is InChI=1S/C14H11Cl2N3O5S2/c1-24-10(20)4-5-26(22,23)18-13(21)8-6-19-9-3-2-7(15)11(16)12(9)25-14(19)17-8/h2-3,6H,4-5H2,1H3,(H,18,21). The monoisotopic (exact) mass is 435 g/mol. The molecule has 3 rings (SSSR count). The van der Waals surface area contributed by atoms with Gasteiger partial charge in [-0.15, -0.1) is 0 Å². The van der Waals surface area contributed by atoms with E-state index in [-0.39, 0.29) is 12.1 Å². The normalized spacial score (nSPS) is 11.8. The quantitative estimate of drug-likeness (QED) is 0.616. The molecule has 1 aromatic carbocycles. The zero-order chi connectivity index (χ0) is 19.1. The van der Waals surface area contributed by atoms with Crippen LogP contribution < -0.4 is 4.72 Å². The molecule has 0 radical (unpaired) electrons. The maximum absolute atomic E-state index is 12.2. The first kappa shape index (κ1) is 18.9. The second-order valence-corrected chi connectivity index (χ2v) is 8.77. The molecule has 0 aliphatic heterocycles. The van der Waals surface area contributed by atoms with Crippen molar-refractivity contribution in [2.75, 3.05) is 12.9 Å². The molecular weight excluding hydrogens is 425 g/mol. The lowest BCUT2D eigenvalue weighted by molar-refractivity contribution is -0.140. The highest BCUT2D eigenvalue weighted by Crippen LogP contribution is 2.36. The smallest absolute Gasteiger partial charge is 0.306 e. The first-order chi connectivity index (χ1) is 12.2. The van der Waals surface area contributed by atoms with Crippen molar-refractivity contribution in [2.24, 2.45) is 0 Å². The van der Waals surface area contributed by atoms with E-state index in [1.165, 1.54) is 17.5 Å². The Kier molecular flexibility index (Phi) is 5.11. The molecule has 2 heterocycles. The Morgan fingerprint density at radius 2 is 2.08 bits per heavy atom. The number of fused-ring (bicyclic) bond motifs is 3. The van der Waals surface area contributed by atoms with Crippen LogP contribution in [0.5, 0.6) is 0 Å². The van der Waals surface area contributed by atoms with Crippen LogP contribution in [0.1, 0.15) is 16.9 Å². The lowest BCUT2D eigenvalue weighted by Crippen LogP contribution is -2.33. The average molecular weight is 436 g/mol. The Labute approximate surface area is 161 Å². The summed E-state index contributed by atoms with van der Waals surface area (Å²) in [6, 6.07) is 3.35. The van der Waals surface area contributed by atoms with Gasteiger partial charge in [0.15, 0.2) is 4.96 Å². The van der Waals surface area contributed by atoms with E-state index in [0.29, 0.717) is 25.2 Å². The van der Waals surface area contributed by atoms with Crippen LogP contribution in [0.2, 0.25) is 10.0 Å². The van der Waals surface area contributed by atoms with Gasteiger partial charge in [-0.3, -0.25) is 14.0 Å². The van der Waals surface area contributed by atoms with Crippen molar-refractivity contribution >= 4 is 71.6 Å².